The summed E-state index contributed by atoms with van der Waals surface area (Å²) in [6, 6.07) is 0. The normalized spacial score (nSPS) is 33.0. The average molecular weight is 137 g/mol. The molecular weight excluding hydrogens is 126 g/mol. The van der Waals surface area contributed by atoms with E-state index in [2.05, 4.69) is 0 Å². The fourth-order valence-corrected chi connectivity index (χ4v) is 2.00. The molecule has 2 heteroatoms. The Balaban J connectivity index is 2.06. The van der Waals surface area contributed by atoms with Crippen molar-refractivity contribution < 1.29 is 4.79 Å². The highest BCUT2D eigenvalue weighted by atomic mass is 16.1. The molecule has 2 rings (SSSR count). The maximum Gasteiger partial charge on any atom is 0.176 e. The second kappa shape index (κ2) is 1.68. The van der Waals surface area contributed by atoms with E-state index in [9.17, 15) is 4.79 Å². The Hall–Kier alpha value is -0.660. The molecule has 1 N–H and O–H groups in total. The minimum atomic E-state index is 0.0590. The maximum absolute atomic E-state index is 11.0. The molecule has 2 aliphatic rings. The van der Waals surface area contributed by atoms with E-state index in [4.69, 9.17) is 5.41 Å². The minimum absolute atomic E-state index is 0.0590. The van der Waals surface area contributed by atoms with Gasteiger partial charge in [-0.25, -0.2) is 0 Å². The van der Waals surface area contributed by atoms with Gasteiger partial charge in [-0.3, -0.25) is 4.79 Å². The van der Waals surface area contributed by atoms with Gasteiger partial charge in [0.1, 0.15) is 0 Å². The highest BCUT2D eigenvalue weighted by Gasteiger charge is 2.57. The first-order valence-corrected chi connectivity index (χ1v) is 3.83. The smallest absolute Gasteiger partial charge is 0.176 e. The van der Waals surface area contributed by atoms with Gasteiger partial charge in [-0.1, -0.05) is 0 Å². The van der Waals surface area contributed by atoms with E-state index in [1.165, 1.54) is 19.3 Å². The summed E-state index contributed by atoms with van der Waals surface area (Å²) < 4.78 is 0. The Bertz CT molecular complexity index is 193. The van der Waals surface area contributed by atoms with Crippen LogP contribution in [-0.4, -0.2) is 12.0 Å². The zero-order chi connectivity index (χ0) is 7.19. The van der Waals surface area contributed by atoms with Crippen molar-refractivity contribution in [1.82, 2.24) is 0 Å². The minimum Gasteiger partial charge on any atom is -0.305 e. The van der Waals surface area contributed by atoms with Crippen LogP contribution in [0.4, 0.5) is 0 Å². The van der Waals surface area contributed by atoms with E-state index in [-0.39, 0.29) is 11.7 Å². The molecule has 0 aromatic rings. The van der Waals surface area contributed by atoms with Crippen LogP contribution in [0.5, 0.6) is 0 Å². The molecule has 2 nitrogen and oxygen atoms in total. The summed E-state index contributed by atoms with van der Waals surface area (Å²) in [5, 5.41) is 6.81. The van der Waals surface area contributed by atoms with Crippen LogP contribution in [0.3, 0.4) is 0 Å². The SMILES string of the molecule is N=CC(=O)C1CCC12CC2. The Labute approximate surface area is 60.1 Å². The number of hydrogen-bond donors (Lipinski definition) is 1. The molecule has 2 saturated carbocycles. The number of hydrogen-bond acceptors (Lipinski definition) is 2. The van der Waals surface area contributed by atoms with E-state index < -0.39 is 0 Å². The Morgan fingerprint density at radius 1 is 1.50 bits per heavy atom. The first-order valence-electron chi connectivity index (χ1n) is 3.83. The van der Waals surface area contributed by atoms with Gasteiger partial charge in [0.15, 0.2) is 5.78 Å². The highest BCUT2D eigenvalue weighted by Crippen LogP contribution is 2.64. The third kappa shape index (κ3) is 0.591. The van der Waals surface area contributed by atoms with E-state index in [1.807, 2.05) is 0 Å². The first kappa shape index (κ1) is 6.08. The molecule has 1 unspecified atom stereocenters. The second-order valence-electron chi connectivity index (χ2n) is 3.50. The molecule has 0 radical (unpaired) electrons. The Morgan fingerprint density at radius 3 is 2.50 bits per heavy atom. The van der Waals surface area contributed by atoms with Crippen LogP contribution in [0.1, 0.15) is 25.7 Å². The number of rotatable bonds is 2. The van der Waals surface area contributed by atoms with Crippen LogP contribution in [0, 0.1) is 16.7 Å². The zero-order valence-corrected chi connectivity index (χ0v) is 5.89. The second-order valence-corrected chi connectivity index (χ2v) is 3.50. The van der Waals surface area contributed by atoms with Gasteiger partial charge in [-0.15, -0.1) is 0 Å². The molecule has 0 saturated heterocycles. The van der Waals surface area contributed by atoms with Gasteiger partial charge in [0.2, 0.25) is 0 Å². The summed E-state index contributed by atoms with van der Waals surface area (Å²) in [4.78, 5) is 11.0. The molecule has 54 valence electrons. The fourth-order valence-electron chi connectivity index (χ4n) is 2.00. The van der Waals surface area contributed by atoms with Crippen LogP contribution < -0.4 is 0 Å². The highest BCUT2D eigenvalue weighted by molar-refractivity contribution is 6.27. The number of ketones is 1. The molecule has 2 aliphatic carbocycles. The zero-order valence-electron chi connectivity index (χ0n) is 5.89. The van der Waals surface area contributed by atoms with Gasteiger partial charge < -0.3 is 5.41 Å². The lowest BCUT2D eigenvalue weighted by Gasteiger charge is -2.34. The quantitative estimate of drug-likeness (QED) is 0.574. The van der Waals surface area contributed by atoms with Crippen LogP contribution in [0.25, 0.3) is 0 Å². The fraction of sp³-hybridized carbons (Fsp3) is 0.750. The molecule has 0 heterocycles. The molecule has 0 aromatic carbocycles. The lowest BCUT2D eigenvalue weighted by molar-refractivity contribution is -0.121. The summed E-state index contributed by atoms with van der Waals surface area (Å²) in [5.41, 5.74) is 0.411. The topological polar surface area (TPSA) is 40.9 Å². The van der Waals surface area contributed by atoms with Crippen molar-refractivity contribution >= 4 is 12.0 Å². The van der Waals surface area contributed by atoms with Gasteiger partial charge >= 0.3 is 0 Å². The molecular formula is C8H11NO. The predicted molar refractivity (Wildman–Crippen MR) is 38.2 cm³/mol. The summed E-state index contributed by atoms with van der Waals surface area (Å²) >= 11 is 0. The first-order chi connectivity index (χ1) is 4.78. The van der Waals surface area contributed by atoms with Crippen molar-refractivity contribution in [2.75, 3.05) is 0 Å². The van der Waals surface area contributed by atoms with Gasteiger partial charge in [-0.05, 0) is 31.1 Å². The van der Waals surface area contributed by atoms with Gasteiger partial charge in [-0.2, -0.15) is 0 Å². The van der Waals surface area contributed by atoms with E-state index >= 15 is 0 Å². The van der Waals surface area contributed by atoms with E-state index in [0.29, 0.717) is 5.41 Å². The molecule has 1 spiro atoms. The molecule has 0 amide bonds. The van der Waals surface area contributed by atoms with Crippen molar-refractivity contribution in [1.29, 1.82) is 5.41 Å². The Kier molecular flexibility index (Phi) is 1.02. The van der Waals surface area contributed by atoms with Gasteiger partial charge in [0.25, 0.3) is 0 Å². The monoisotopic (exact) mass is 137 g/mol. The largest absolute Gasteiger partial charge is 0.305 e. The van der Waals surface area contributed by atoms with Gasteiger partial charge in [0.05, 0.1) is 6.21 Å². The lowest BCUT2D eigenvalue weighted by Crippen LogP contribution is -2.34. The molecule has 0 aromatic heterocycles. The third-order valence-electron chi connectivity index (χ3n) is 3.05. The van der Waals surface area contributed by atoms with Crippen molar-refractivity contribution in [2.24, 2.45) is 11.3 Å². The van der Waals surface area contributed by atoms with Gasteiger partial charge in [0, 0.05) is 5.92 Å². The summed E-state index contributed by atoms with van der Waals surface area (Å²) in [6.07, 6.45) is 5.73. The van der Waals surface area contributed by atoms with Crippen LogP contribution in [0.2, 0.25) is 0 Å². The van der Waals surface area contributed by atoms with Crippen LogP contribution in [-0.2, 0) is 4.79 Å². The molecule has 1 atom stereocenters. The lowest BCUT2D eigenvalue weighted by atomic mass is 9.68. The number of carbonyl (C=O) groups excluding carboxylic acids is 1. The average Bonchev–Trinajstić information content (AvgIpc) is 2.65. The van der Waals surface area contributed by atoms with E-state index in [1.54, 1.807) is 0 Å². The Morgan fingerprint density at radius 2 is 2.20 bits per heavy atom. The summed E-state index contributed by atoms with van der Waals surface area (Å²) in [6.45, 7) is 0. The summed E-state index contributed by atoms with van der Waals surface area (Å²) in [5.74, 6) is 0.300. The molecule has 0 bridgehead atoms. The number of nitrogens with one attached hydrogen (secondary N) is 1. The molecule has 10 heavy (non-hydrogen) atoms. The third-order valence-corrected chi connectivity index (χ3v) is 3.05. The van der Waals surface area contributed by atoms with Crippen LogP contribution >= 0.6 is 0 Å². The maximum atomic E-state index is 11.0. The van der Waals surface area contributed by atoms with Crippen molar-refractivity contribution in [3.63, 3.8) is 0 Å². The van der Waals surface area contributed by atoms with Crippen LogP contribution in [0.15, 0.2) is 0 Å². The van der Waals surface area contributed by atoms with E-state index in [0.717, 1.165) is 12.6 Å². The van der Waals surface area contributed by atoms with Crippen molar-refractivity contribution in [3.8, 4) is 0 Å². The number of carbonyl (C=O) groups is 1. The van der Waals surface area contributed by atoms with Crippen molar-refractivity contribution in [2.45, 2.75) is 25.7 Å². The summed E-state index contributed by atoms with van der Waals surface area (Å²) in [7, 11) is 0. The standard InChI is InChI=1S/C8H11NO/c9-5-7(10)6-1-2-8(6)3-4-8/h5-6,9H,1-4H2. The predicted octanol–water partition coefficient (Wildman–Crippen LogP) is 1.40. The molecule has 0 aliphatic heterocycles. The number of Topliss-reactive ketones (excluding diaryl/α,β-unsaturated/α-hetero) is 1. The van der Waals surface area contributed by atoms with Crippen molar-refractivity contribution in [3.05, 3.63) is 0 Å². The molecule has 2 fully saturated rings.